The third-order valence-corrected chi connectivity index (χ3v) is 4.69. The molecule has 2 aromatic rings. The molecular weight excluding hydrogens is 390 g/mol. The van der Waals surface area contributed by atoms with Crippen LogP contribution in [-0.2, 0) is 16.0 Å². The van der Waals surface area contributed by atoms with Gasteiger partial charge in [-0.1, -0.05) is 47.6 Å². The zero-order chi connectivity index (χ0) is 22.3. The lowest BCUT2D eigenvalue weighted by Gasteiger charge is -2.14. The van der Waals surface area contributed by atoms with E-state index < -0.39 is 0 Å². The predicted octanol–water partition coefficient (Wildman–Crippen LogP) is 5.68. The van der Waals surface area contributed by atoms with E-state index in [4.69, 9.17) is 19.0 Å². The lowest BCUT2D eigenvalue weighted by atomic mass is 10.1. The van der Waals surface area contributed by atoms with Crippen LogP contribution < -0.4 is 9.47 Å². The van der Waals surface area contributed by atoms with Gasteiger partial charge in [-0.25, -0.2) is 0 Å². The molecule has 5 nitrogen and oxygen atoms in total. The number of hydrogen-bond donors (Lipinski definition) is 0. The average Bonchev–Trinajstić information content (AvgIpc) is 2.75. The summed E-state index contributed by atoms with van der Waals surface area (Å²) in [6, 6.07) is 14.3. The van der Waals surface area contributed by atoms with Gasteiger partial charge in [0.25, 0.3) is 0 Å². The first-order valence-corrected chi connectivity index (χ1v) is 10.8. The van der Waals surface area contributed by atoms with Crippen molar-refractivity contribution in [2.75, 3.05) is 33.5 Å². The Kier molecular flexibility index (Phi) is 11.3. The number of rotatable bonds is 14. The molecule has 0 heterocycles. The van der Waals surface area contributed by atoms with Gasteiger partial charge >= 0.3 is 0 Å². The van der Waals surface area contributed by atoms with Crippen molar-refractivity contribution in [2.45, 2.75) is 40.0 Å². The minimum Gasteiger partial charge on any atom is -0.493 e. The van der Waals surface area contributed by atoms with Crippen LogP contribution in [0.3, 0.4) is 0 Å². The molecule has 168 valence electrons. The van der Waals surface area contributed by atoms with Crippen molar-refractivity contribution in [2.24, 2.45) is 5.16 Å². The lowest BCUT2D eigenvalue weighted by Crippen LogP contribution is -2.13. The number of hydrogen-bond acceptors (Lipinski definition) is 5. The van der Waals surface area contributed by atoms with E-state index in [0.29, 0.717) is 26.4 Å². The largest absolute Gasteiger partial charge is 0.493 e. The quantitative estimate of drug-likeness (QED) is 0.169. The summed E-state index contributed by atoms with van der Waals surface area (Å²) in [5.41, 5.74) is 4.26. The van der Waals surface area contributed by atoms with E-state index in [0.717, 1.165) is 47.6 Å². The molecule has 0 aliphatic heterocycles. The van der Waals surface area contributed by atoms with Crippen molar-refractivity contribution >= 4 is 5.71 Å². The van der Waals surface area contributed by atoms with Crippen LogP contribution in [0.15, 0.2) is 59.8 Å². The van der Waals surface area contributed by atoms with Gasteiger partial charge in [-0.15, -0.1) is 0 Å². The van der Waals surface area contributed by atoms with Crippen LogP contribution in [0, 0.1) is 13.8 Å². The third kappa shape index (κ3) is 9.26. The Bertz CT molecular complexity index is 808. The second-order valence-electron chi connectivity index (χ2n) is 7.38. The highest BCUT2D eigenvalue weighted by Gasteiger charge is 2.08. The summed E-state index contributed by atoms with van der Waals surface area (Å²) in [6.45, 7) is 8.46. The molecule has 0 atom stereocenters. The van der Waals surface area contributed by atoms with Gasteiger partial charge in [0, 0.05) is 13.0 Å². The van der Waals surface area contributed by atoms with Gasteiger partial charge in [0.2, 0.25) is 0 Å². The minimum absolute atomic E-state index is 0.469. The molecule has 0 fully saturated rings. The van der Waals surface area contributed by atoms with Gasteiger partial charge < -0.3 is 19.0 Å². The molecule has 0 bridgehead atoms. The lowest BCUT2D eigenvalue weighted by molar-refractivity contribution is 0.152. The number of benzene rings is 2. The molecular formula is C26H35NO4. The minimum atomic E-state index is 0.469. The smallest absolute Gasteiger partial charge is 0.125 e. The molecule has 0 spiro atoms. The second-order valence-corrected chi connectivity index (χ2v) is 7.38. The van der Waals surface area contributed by atoms with Crippen LogP contribution in [0.25, 0.3) is 0 Å². The van der Waals surface area contributed by atoms with Gasteiger partial charge in [0.1, 0.15) is 25.2 Å². The highest BCUT2D eigenvalue weighted by Crippen LogP contribution is 2.28. The Labute approximate surface area is 186 Å². The molecule has 0 saturated carbocycles. The average molecular weight is 426 g/mol. The van der Waals surface area contributed by atoms with Crippen molar-refractivity contribution < 1.29 is 19.0 Å². The maximum absolute atomic E-state index is 6.02. The molecule has 0 N–H and O–H groups in total. The molecule has 2 rings (SSSR count). The molecule has 5 heteroatoms. The van der Waals surface area contributed by atoms with Crippen LogP contribution in [0.4, 0.5) is 0 Å². The van der Waals surface area contributed by atoms with Crippen LogP contribution in [0.1, 0.15) is 36.5 Å². The molecule has 0 aromatic heterocycles. The Morgan fingerprint density at radius 1 is 0.968 bits per heavy atom. The number of unbranched alkanes of at least 4 members (excludes halogenated alkanes) is 1. The summed E-state index contributed by atoms with van der Waals surface area (Å²) in [6.07, 6.45) is 6.55. The van der Waals surface area contributed by atoms with Gasteiger partial charge in [0.05, 0.1) is 18.9 Å². The Morgan fingerprint density at radius 2 is 1.68 bits per heavy atom. The first-order valence-electron chi connectivity index (χ1n) is 10.8. The van der Waals surface area contributed by atoms with E-state index in [-0.39, 0.29) is 0 Å². The van der Waals surface area contributed by atoms with Crippen LogP contribution in [0.5, 0.6) is 11.5 Å². The van der Waals surface area contributed by atoms with Crippen molar-refractivity contribution in [1.29, 1.82) is 0 Å². The van der Waals surface area contributed by atoms with Crippen molar-refractivity contribution in [3.63, 3.8) is 0 Å². The van der Waals surface area contributed by atoms with E-state index in [9.17, 15) is 0 Å². The van der Waals surface area contributed by atoms with Crippen molar-refractivity contribution in [3.05, 3.63) is 71.3 Å². The number of aryl methyl sites for hydroxylation is 2. The normalized spacial score (nSPS) is 11.7. The fraction of sp³-hybridized carbons (Fsp3) is 0.423. The van der Waals surface area contributed by atoms with Gasteiger partial charge in [-0.2, -0.15) is 0 Å². The SMILES string of the molecule is C/C=C/COc1cc(C)c(OCCCCOC/C(Cc2ccccc2)=N/OC)c(C)c1. The van der Waals surface area contributed by atoms with Crippen LogP contribution >= 0.6 is 0 Å². The zero-order valence-corrected chi connectivity index (χ0v) is 19.2. The highest BCUT2D eigenvalue weighted by atomic mass is 16.6. The fourth-order valence-electron chi connectivity index (χ4n) is 3.20. The molecule has 0 aliphatic carbocycles. The number of ether oxygens (including phenoxy) is 3. The van der Waals surface area contributed by atoms with Crippen LogP contribution in [-0.4, -0.2) is 39.2 Å². The summed E-state index contributed by atoms with van der Waals surface area (Å²) in [5, 5.41) is 4.10. The highest BCUT2D eigenvalue weighted by molar-refractivity contribution is 5.87. The maximum Gasteiger partial charge on any atom is 0.125 e. The van der Waals surface area contributed by atoms with E-state index in [1.807, 2.05) is 49.4 Å². The van der Waals surface area contributed by atoms with Gasteiger partial charge in [-0.05, 0) is 62.4 Å². The fourth-order valence-corrected chi connectivity index (χ4v) is 3.20. The maximum atomic E-state index is 6.02. The van der Waals surface area contributed by atoms with E-state index in [1.54, 1.807) is 7.11 Å². The number of nitrogens with zero attached hydrogens (tertiary/aromatic N) is 1. The topological polar surface area (TPSA) is 49.3 Å². The Hall–Kier alpha value is -2.79. The molecule has 0 unspecified atom stereocenters. The molecule has 31 heavy (non-hydrogen) atoms. The second kappa shape index (κ2) is 14.3. The van der Waals surface area contributed by atoms with Gasteiger partial charge in [0.15, 0.2) is 0 Å². The van der Waals surface area contributed by atoms with E-state index in [2.05, 4.69) is 31.1 Å². The summed E-state index contributed by atoms with van der Waals surface area (Å²) in [7, 11) is 1.56. The summed E-state index contributed by atoms with van der Waals surface area (Å²) >= 11 is 0. The van der Waals surface area contributed by atoms with Crippen molar-refractivity contribution in [3.8, 4) is 11.5 Å². The summed E-state index contributed by atoms with van der Waals surface area (Å²) < 4.78 is 17.5. The van der Waals surface area contributed by atoms with Gasteiger partial charge in [-0.3, -0.25) is 0 Å². The Balaban J connectivity index is 1.68. The number of allylic oxidation sites excluding steroid dienone is 1. The summed E-state index contributed by atoms with van der Waals surface area (Å²) in [4.78, 5) is 4.95. The van der Waals surface area contributed by atoms with Crippen molar-refractivity contribution in [1.82, 2.24) is 0 Å². The molecule has 0 aliphatic rings. The first-order chi connectivity index (χ1) is 15.1. The summed E-state index contributed by atoms with van der Waals surface area (Å²) in [5.74, 6) is 1.81. The first kappa shape index (κ1) is 24.5. The molecule has 0 saturated heterocycles. The third-order valence-electron chi connectivity index (χ3n) is 4.69. The Morgan fingerprint density at radius 3 is 2.35 bits per heavy atom. The van der Waals surface area contributed by atoms with Crippen LogP contribution in [0.2, 0.25) is 0 Å². The molecule has 0 radical (unpaired) electrons. The monoisotopic (exact) mass is 425 g/mol. The molecule has 2 aromatic carbocycles. The number of oxime groups is 1. The van der Waals surface area contributed by atoms with E-state index >= 15 is 0 Å². The predicted molar refractivity (Wildman–Crippen MR) is 126 cm³/mol. The zero-order valence-electron chi connectivity index (χ0n) is 19.2. The standard InChI is InChI=1S/C26H35NO4/c1-5-6-15-30-25-17-21(2)26(22(3)18-25)31-16-11-10-14-29-20-24(27-28-4)19-23-12-8-7-9-13-23/h5-9,12-13,17-18H,10-11,14-16,19-20H2,1-4H3/b6-5+,27-24+. The van der Waals surface area contributed by atoms with E-state index in [1.165, 1.54) is 5.56 Å². The molecule has 0 amide bonds.